The molecule has 3 nitrogen and oxygen atoms in total. The van der Waals surface area contributed by atoms with Crippen LogP contribution in [0.3, 0.4) is 0 Å². The Kier molecular flexibility index (Phi) is 14.4. The summed E-state index contributed by atoms with van der Waals surface area (Å²) in [5.74, 6) is 0. The van der Waals surface area contributed by atoms with Crippen LogP contribution < -0.4 is 5.32 Å². The van der Waals surface area contributed by atoms with Crippen LogP contribution in [0.25, 0.3) is 10.8 Å². The number of alkyl carbamates (subject to hydrolysis) is 1. The third-order valence-corrected chi connectivity index (χ3v) is 6.91. The normalized spacial score (nSPS) is 13.0. The molecule has 0 bridgehead atoms. The van der Waals surface area contributed by atoms with E-state index in [1.54, 1.807) is 0 Å². The highest BCUT2D eigenvalue weighted by molar-refractivity contribution is 5.86. The monoisotopic (exact) mass is 467 g/mol. The Bertz CT molecular complexity index is 798. The minimum atomic E-state index is -0.287. The first kappa shape index (κ1) is 28.2. The highest BCUT2D eigenvalue weighted by atomic mass is 16.6. The second kappa shape index (κ2) is 17.4. The van der Waals surface area contributed by atoms with Gasteiger partial charge in [-0.25, -0.2) is 4.79 Å². The van der Waals surface area contributed by atoms with Crippen molar-refractivity contribution in [1.29, 1.82) is 0 Å². The van der Waals surface area contributed by atoms with Gasteiger partial charge in [0.1, 0.15) is 6.10 Å². The molecule has 3 heteroatoms. The predicted octanol–water partition coefficient (Wildman–Crippen LogP) is 9.89. The quantitative estimate of drug-likeness (QED) is 0.221. The predicted molar refractivity (Wildman–Crippen MR) is 146 cm³/mol. The van der Waals surface area contributed by atoms with E-state index in [-0.39, 0.29) is 18.2 Å². The Balaban J connectivity index is 1.69. The van der Waals surface area contributed by atoms with E-state index in [1.165, 1.54) is 75.0 Å². The number of carbonyl (C=O) groups excluding carboxylic acids is 1. The number of fused-ring (bicyclic) bond motifs is 1. The van der Waals surface area contributed by atoms with Gasteiger partial charge in [-0.05, 0) is 42.5 Å². The van der Waals surface area contributed by atoms with Crippen molar-refractivity contribution in [2.75, 3.05) is 0 Å². The van der Waals surface area contributed by atoms with Crippen LogP contribution in [0.15, 0.2) is 42.5 Å². The van der Waals surface area contributed by atoms with Gasteiger partial charge in [0.25, 0.3) is 0 Å². The van der Waals surface area contributed by atoms with Crippen molar-refractivity contribution in [1.82, 2.24) is 5.32 Å². The Morgan fingerprint density at radius 2 is 1.29 bits per heavy atom. The number of nitrogens with one attached hydrogen (secondary N) is 1. The van der Waals surface area contributed by atoms with E-state index in [1.807, 2.05) is 19.1 Å². The van der Waals surface area contributed by atoms with Gasteiger partial charge >= 0.3 is 6.09 Å². The molecule has 0 saturated carbocycles. The molecule has 190 valence electrons. The molecular formula is C31H49NO2. The molecule has 0 radical (unpaired) electrons. The SMILES string of the molecule is CCCCCCCCCCCCCC(CCCC)OC(=O)NC(C)c1cccc2ccccc12. The molecule has 1 amide bonds. The maximum Gasteiger partial charge on any atom is 0.407 e. The number of rotatable bonds is 18. The lowest BCUT2D eigenvalue weighted by Crippen LogP contribution is -2.31. The standard InChI is InChI=1S/C31H49NO2/c1-4-6-8-9-10-11-12-13-14-15-16-23-28(22-7-5-2)34-31(33)32-26(3)29-25-19-21-27-20-17-18-24-30(27)29/h17-21,24-26,28H,4-16,22-23H2,1-3H3,(H,32,33). The van der Waals surface area contributed by atoms with Crippen molar-refractivity contribution in [3.8, 4) is 0 Å². The van der Waals surface area contributed by atoms with Crippen molar-refractivity contribution in [3.63, 3.8) is 0 Å². The third-order valence-electron chi connectivity index (χ3n) is 6.91. The second-order valence-corrected chi connectivity index (χ2v) is 9.93. The molecule has 2 aromatic rings. The number of benzene rings is 2. The number of hydrogen-bond acceptors (Lipinski definition) is 2. The molecule has 0 aliphatic heterocycles. The largest absolute Gasteiger partial charge is 0.446 e. The molecule has 0 aliphatic carbocycles. The number of amides is 1. The molecule has 0 aliphatic rings. The van der Waals surface area contributed by atoms with E-state index < -0.39 is 0 Å². The smallest absolute Gasteiger partial charge is 0.407 e. The van der Waals surface area contributed by atoms with Gasteiger partial charge < -0.3 is 10.1 Å². The van der Waals surface area contributed by atoms with E-state index in [0.29, 0.717) is 0 Å². The van der Waals surface area contributed by atoms with Crippen LogP contribution in [0.5, 0.6) is 0 Å². The molecular weight excluding hydrogens is 418 g/mol. The zero-order valence-corrected chi connectivity index (χ0v) is 22.1. The first-order chi connectivity index (χ1) is 16.7. The molecule has 0 saturated heterocycles. The highest BCUT2D eigenvalue weighted by Crippen LogP contribution is 2.24. The van der Waals surface area contributed by atoms with Gasteiger partial charge in [0.05, 0.1) is 6.04 Å². The fraction of sp³-hybridized carbons (Fsp3) is 0.645. The minimum Gasteiger partial charge on any atom is -0.446 e. The highest BCUT2D eigenvalue weighted by Gasteiger charge is 2.17. The average molecular weight is 468 g/mol. The van der Waals surface area contributed by atoms with Crippen molar-refractivity contribution < 1.29 is 9.53 Å². The van der Waals surface area contributed by atoms with Crippen LogP contribution in [-0.2, 0) is 4.74 Å². The molecule has 2 unspecified atom stereocenters. The van der Waals surface area contributed by atoms with Gasteiger partial charge in [-0.1, -0.05) is 133 Å². The fourth-order valence-electron chi connectivity index (χ4n) is 4.80. The fourth-order valence-corrected chi connectivity index (χ4v) is 4.80. The Morgan fingerprint density at radius 1 is 0.735 bits per heavy atom. The molecule has 2 rings (SSSR count). The molecule has 2 atom stereocenters. The zero-order valence-electron chi connectivity index (χ0n) is 22.1. The lowest BCUT2D eigenvalue weighted by atomic mass is 10.00. The molecule has 2 aromatic carbocycles. The van der Waals surface area contributed by atoms with Crippen molar-refractivity contribution in [3.05, 3.63) is 48.0 Å². The van der Waals surface area contributed by atoms with Crippen molar-refractivity contribution in [2.24, 2.45) is 0 Å². The van der Waals surface area contributed by atoms with Gasteiger partial charge in [0.2, 0.25) is 0 Å². The van der Waals surface area contributed by atoms with Gasteiger partial charge in [-0.3, -0.25) is 0 Å². The Labute approximate surface area is 209 Å². The molecule has 0 aromatic heterocycles. The lowest BCUT2D eigenvalue weighted by Gasteiger charge is -2.21. The summed E-state index contributed by atoms with van der Waals surface area (Å²) >= 11 is 0. The van der Waals surface area contributed by atoms with Gasteiger partial charge in [-0.2, -0.15) is 0 Å². The van der Waals surface area contributed by atoms with E-state index in [9.17, 15) is 4.79 Å². The van der Waals surface area contributed by atoms with Crippen LogP contribution in [0.4, 0.5) is 4.79 Å². The summed E-state index contributed by atoms with van der Waals surface area (Å²) in [4.78, 5) is 12.7. The summed E-state index contributed by atoms with van der Waals surface area (Å²) in [6.45, 7) is 6.51. The lowest BCUT2D eigenvalue weighted by molar-refractivity contribution is 0.0822. The van der Waals surface area contributed by atoms with Crippen LogP contribution >= 0.6 is 0 Å². The van der Waals surface area contributed by atoms with Gasteiger partial charge in [0.15, 0.2) is 0 Å². The van der Waals surface area contributed by atoms with Crippen LogP contribution in [0.2, 0.25) is 0 Å². The number of ether oxygens (including phenoxy) is 1. The summed E-state index contributed by atoms with van der Waals surface area (Å²) in [5.41, 5.74) is 1.13. The van der Waals surface area contributed by atoms with Crippen LogP contribution in [-0.4, -0.2) is 12.2 Å². The van der Waals surface area contributed by atoms with E-state index in [0.717, 1.165) is 37.7 Å². The maximum absolute atomic E-state index is 12.7. The molecule has 0 spiro atoms. The third kappa shape index (κ3) is 10.9. The molecule has 0 fully saturated rings. The summed E-state index contributed by atoms with van der Waals surface area (Å²) in [7, 11) is 0. The summed E-state index contributed by atoms with van der Waals surface area (Å²) < 4.78 is 5.90. The summed E-state index contributed by atoms with van der Waals surface area (Å²) in [6.07, 6.45) is 18.7. The second-order valence-electron chi connectivity index (χ2n) is 9.93. The summed E-state index contributed by atoms with van der Waals surface area (Å²) in [5, 5.41) is 5.45. The first-order valence-corrected chi connectivity index (χ1v) is 14.1. The van der Waals surface area contributed by atoms with Gasteiger partial charge in [-0.15, -0.1) is 0 Å². The summed E-state index contributed by atoms with van der Waals surface area (Å²) in [6, 6.07) is 14.5. The molecule has 0 heterocycles. The first-order valence-electron chi connectivity index (χ1n) is 14.1. The number of carbonyl (C=O) groups is 1. The number of hydrogen-bond donors (Lipinski definition) is 1. The van der Waals surface area contributed by atoms with Crippen LogP contribution in [0.1, 0.15) is 129 Å². The van der Waals surface area contributed by atoms with Crippen molar-refractivity contribution in [2.45, 2.75) is 129 Å². The average Bonchev–Trinajstić information content (AvgIpc) is 2.85. The van der Waals surface area contributed by atoms with Crippen LogP contribution in [0, 0.1) is 0 Å². The van der Waals surface area contributed by atoms with E-state index in [4.69, 9.17) is 4.74 Å². The van der Waals surface area contributed by atoms with Crippen molar-refractivity contribution >= 4 is 16.9 Å². The topological polar surface area (TPSA) is 38.3 Å². The Morgan fingerprint density at radius 3 is 1.97 bits per heavy atom. The Hall–Kier alpha value is -2.03. The molecule has 34 heavy (non-hydrogen) atoms. The zero-order chi connectivity index (χ0) is 24.4. The van der Waals surface area contributed by atoms with E-state index in [2.05, 4.69) is 49.5 Å². The minimum absolute atomic E-state index is 0.0261. The van der Waals surface area contributed by atoms with Gasteiger partial charge in [0, 0.05) is 0 Å². The maximum atomic E-state index is 12.7. The van der Waals surface area contributed by atoms with E-state index >= 15 is 0 Å². The molecule has 1 N–H and O–H groups in total. The number of unbranched alkanes of at least 4 members (excludes halogenated alkanes) is 11.